The molecule has 1 N–H and O–H groups in total. The SMILES string of the molecule is C.CC1=c2cc3c(cc2Oc2cc4c(cc21)CCCN4)=CCCC3. The Morgan fingerprint density at radius 3 is 2.75 bits per heavy atom. The summed E-state index contributed by atoms with van der Waals surface area (Å²) in [6.07, 6.45) is 8.36. The maximum atomic E-state index is 6.30. The molecule has 0 amide bonds. The Morgan fingerprint density at radius 1 is 0.958 bits per heavy atom. The first-order valence-electron chi connectivity index (χ1n) is 8.73. The highest BCUT2D eigenvalue weighted by atomic mass is 16.5. The van der Waals surface area contributed by atoms with Crippen LogP contribution in [-0.2, 0) is 12.8 Å². The largest absolute Gasteiger partial charge is 0.456 e. The second kappa shape index (κ2) is 5.70. The summed E-state index contributed by atoms with van der Waals surface area (Å²) in [6.45, 7) is 3.30. The lowest BCUT2D eigenvalue weighted by atomic mass is 9.92. The van der Waals surface area contributed by atoms with Crippen LogP contribution in [0.5, 0.6) is 11.5 Å². The molecule has 0 saturated carbocycles. The summed E-state index contributed by atoms with van der Waals surface area (Å²) >= 11 is 0. The van der Waals surface area contributed by atoms with E-state index in [4.69, 9.17) is 4.74 Å². The van der Waals surface area contributed by atoms with Crippen LogP contribution in [0.4, 0.5) is 5.69 Å². The summed E-state index contributed by atoms with van der Waals surface area (Å²) < 4.78 is 6.30. The van der Waals surface area contributed by atoms with Gasteiger partial charge in [-0.2, -0.15) is 0 Å². The third-order valence-electron chi connectivity index (χ3n) is 5.43. The van der Waals surface area contributed by atoms with Crippen LogP contribution in [-0.4, -0.2) is 6.54 Å². The molecule has 0 unspecified atom stereocenters. The first-order chi connectivity index (χ1) is 11.3. The first kappa shape index (κ1) is 15.3. The van der Waals surface area contributed by atoms with Crippen LogP contribution in [0, 0.1) is 0 Å². The molecular formula is C22H25NO. The molecule has 2 aromatic rings. The van der Waals surface area contributed by atoms with Crippen molar-refractivity contribution in [3.8, 4) is 11.5 Å². The Morgan fingerprint density at radius 2 is 1.83 bits per heavy atom. The van der Waals surface area contributed by atoms with Gasteiger partial charge in [-0.15, -0.1) is 0 Å². The lowest BCUT2D eigenvalue weighted by Crippen LogP contribution is -2.23. The molecule has 5 rings (SSSR count). The number of benzene rings is 2. The Labute approximate surface area is 143 Å². The zero-order valence-corrected chi connectivity index (χ0v) is 13.5. The molecule has 3 aliphatic rings. The molecule has 0 spiro atoms. The zero-order chi connectivity index (χ0) is 15.4. The van der Waals surface area contributed by atoms with E-state index in [-0.39, 0.29) is 7.43 Å². The average molecular weight is 319 g/mol. The standard InChI is InChI=1S/C21H21NO.CH4/c1-13-17-9-14-5-2-3-6-15(14)11-20(17)23-21-12-19-16(10-18(13)21)7-4-8-22-19;/h6,9-12,22H,2-5,7-8H2,1H3;1H4. The smallest absolute Gasteiger partial charge is 0.137 e. The number of hydrogen-bond acceptors (Lipinski definition) is 2. The minimum atomic E-state index is 0. The molecule has 2 heteroatoms. The molecule has 0 radical (unpaired) electrons. The maximum Gasteiger partial charge on any atom is 0.137 e. The Kier molecular flexibility index (Phi) is 3.64. The molecule has 0 atom stereocenters. The topological polar surface area (TPSA) is 21.3 Å². The number of ether oxygens (including phenoxy) is 1. The van der Waals surface area contributed by atoms with E-state index in [0.717, 1.165) is 24.5 Å². The summed E-state index contributed by atoms with van der Waals surface area (Å²) in [4.78, 5) is 0. The fourth-order valence-electron chi connectivity index (χ4n) is 4.11. The van der Waals surface area contributed by atoms with E-state index in [1.807, 2.05) is 0 Å². The Balaban J connectivity index is 0.00000146. The number of rotatable bonds is 0. The molecule has 0 saturated heterocycles. The predicted octanol–water partition coefficient (Wildman–Crippen LogP) is 4.12. The third kappa shape index (κ3) is 2.24. The van der Waals surface area contributed by atoms with Gasteiger partial charge in [-0.1, -0.05) is 13.5 Å². The normalized spacial score (nSPS) is 17.0. The Bertz CT molecular complexity index is 939. The van der Waals surface area contributed by atoms with Gasteiger partial charge in [-0.3, -0.25) is 0 Å². The zero-order valence-electron chi connectivity index (χ0n) is 13.5. The van der Waals surface area contributed by atoms with E-state index >= 15 is 0 Å². The fourth-order valence-corrected chi connectivity index (χ4v) is 4.11. The molecule has 2 aromatic carbocycles. The molecule has 2 aliphatic heterocycles. The molecule has 1 aliphatic carbocycles. The van der Waals surface area contributed by atoms with Gasteiger partial charge in [0.2, 0.25) is 0 Å². The van der Waals surface area contributed by atoms with Gasteiger partial charge < -0.3 is 10.1 Å². The number of nitrogens with one attached hydrogen (secondary N) is 1. The van der Waals surface area contributed by atoms with Gasteiger partial charge in [-0.25, -0.2) is 0 Å². The highest BCUT2D eigenvalue weighted by Gasteiger charge is 2.21. The number of fused-ring (bicyclic) bond motifs is 4. The summed E-state index contributed by atoms with van der Waals surface area (Å²) in [5, 5.41) is 6.14. The fraction of sp³-hybridized carbons (Fsp3) is 0.364. The van der Waals surface area contributed by atoms with E-state index in [2.05, 4.69) is 42.6 Å². The monoisotopic (exact) mass is 319 g/mol. The van der Waals surface area contributed by atoms with Crippen molar-refractivity contribution in [3.05, 3.63) is 51.4 Å². The number of anilines is 1. The van der Waals surface area contributed by atoms with Gasteiger partial charge in [-0.05, 0) is 79.1 Å². The van der Waals surface area contributed by atoms with Crippen molar-refractivity contribution in [1.82, 2.24) is 0 Å². The molecule has 2 heterocycles. The van der Waals surface area contributed by atoms with Gasteiger partial charge in [0.05, 0.1) is 0 Å². The molecular weight excluding hydrogens is 294 g/mol. The minimum absolute atomic E-state index is 0. The molecule has 24 heavy (non-hydrogen) atoms. The van der Waals surface area contributed by atoms with E-state index < -0.39 is 0 Å². The van der Waals surface area contributed by atoms with Gasteiger partial charge in [0.15, 0.2) is 0 Å². The van der Waals surface area contributed by atoms with Crippen LogP contribution in [0.3, 0.4) is 0 Å². The van der Waals surface area contributed by atoms with Crippen molar-refractivity contribution in [1.29, 1.82) is 0 Å². The Hall–Kier alpha value is -2.22. The van der Waals surface area contributed by atoms with Crippen LogP contribution in [0.25, 0.3) is 11.6 Å². The quantitative estimate of drug-likeness (QED) is 0.788. The van der Waals surface area contributed by atoms with Crippen molar-refractivity contribution in [3.63, 3.8) is 0 Å². The minimum Gasteiger partial charge on any atom is -0.456 e. The van der Waals surface area contributed by atoms with E-state index in [0.29, 0.717) is 0 Å². The summed E-state index contributed by atoms with van der Waals surface area (Å²) in [5.41, 5.74) is 6.76. The average Bonchev–Trinajstić information content (AvgIpc) is 2.59. The van der Waals surface area contributed by atoms with Crippen LogP contribution in [0.15, 0.2) is 24.3 Å². The van der Waals surface area contributed by atoms with E-state index in [1.165, 1.54) is 64.1 Å². The first-order valence-corrected chi connectivity index (χ1v) is 8.73. The molecule has 0 fully saturated rings. The molecule has 2 nitrogen and oxygen atoms in total. The highest BCUT2D eigenvalue weighted by molar-refractivity contribution is 5.77. The molecule has 124 valence electrons. The second-order valence-corrected chi connectivity index (χ2v) is 6.91. The van der Waals surface area contributed by atoms with Crippen LogP contribution >= 0.6 is 0 Å². The van der Waals surface area contributed by atoms with Gasteiger partial charge >= 0.3 is 0 Å². The van der Waals surface area contributed by atoms with Crippen LogP contribution in [0.1, 0.15) is 50.3 Å². The van der Waals surface area contributed by atoms with Crippen LogP contribution < -0.4 is 20.5 Å². The molecule has 0 aromatic heterocycles. The number of aryl methyl sites for hydroxylation is 2. The van der Waals surface area contributed by atoms with E-state index in [9.17, 15) is 0 Å². The van der Waals surface area contributed by atoms with Crippen LogP contribution in [0.2, 0.25) is 0 Å². The summed E-state index contributed by atoms with van der Waals surface area (Å²) in [6, 6.07) is 9.12. The van der Waals surface area contributed by atoms with E-state index in [1.54, 1.807) is 0 Å². The van der Waals surface area contributed by atoms with Crippen molar-refractivity contribution >= 4 is 17.3 Å². The lowest BCUT2D eigenvalue weighted by molar-refractivity contribution is 0.470. The molecule has 0 bridgehead atoms. The van der Waals surface area contributed by atoms with Crippen molar-refractivity contribution in [2.45, 2.75) is 46.5 Å². The predicted molar refractivity (Wildman–Crippen MR) is 101 cm³/mol. The number of hydrogen-bond donors (Lipinski definition) is 1. The lowest BCUT2D eigenvalue weighted by Gasteiger charge is -2.25. The maximum absolute atomic E-state index is 6.30. The van der Waals surface area contributed by atoms with Crippen molar-refractivity contribution < 1.29 is 4.74 Å². The second-order valence-electron chi connectivity index (χ2n) is 6.91. The van der Waals surface area contributed by atoms with Gasteiger partial charge in [0, 0.05) is 29.1 Å². The third-order valence-corrected chi connectivity index (χ3v) is 5.43. The van der Waals surface area contributed by atoms with Crippen molar-refractivity contribution in [2.75, 3.05) is 11.9 Å². The van der Waals surface area contributed by atoms with Gasteiger partial charge in [0.25, 0.3) is 0 Å². The highest BCUT2D eigenvalue weighted by Crippen LogP contribution is 2.38. The van der Waals surface area contributed by atoms with Crippen molar-refractivity contribution in [2.24, 2.45) is 0 Å². The summed E-state index contributed by atoms with van der Waals surface area (Å²) in [5.74, 6) is 2.02. The van der Waals surface area contributed by atoms with Gasteiger partial charge in [0.1, 0.15) is 11.5 Å². The summed E-state index contributed by atoms with van der Waals surface area (Å²) in [7, 11) is 0.